The molecule has 0 aromatic carbocycles. The van der Waals surface area contributed by atoms with Gasteiger partial charge in [-0.2, -0.15) is 0 Å². The van der Waals surface area contributed by atoms with Crippen LogP contribution >= 0.6 is 0 Å². The van der Waals surface area contributed by atoms with Crippen molar-refractivity contribution in [2.45, 2.75) is 18.9 Å². The Kier molecular flexibility index (Phi) is 2.29. The molecule has 0 amide bonds. The van der Waals surface area contributed by atoms with Crippen LogP contribution < -0.4 is 11.1 Å². The molecule has 3 N–H and O–H groups in total. The summed E-state index contributed by atoms with van der Waals surface area (Å²) in [5, 5.41) is 3.39. The first-order valence-corrected chi connectivity index (χ1v) is 4.74. The zero-order valence-electron chi connectivity index (χ0n) is 8.29. The lowest BCUT2D eigenvalue weighted by atomic mass is 10.0. The van der Waals surface area contributed by atoms with Crippen LogP contribution in [0.4, 0.5) is 11.4 Å². The second kappa shape index (κ2) is 3.46. The molecule has 4 heteroatoms. The lowest BCUT2D eigenvalue weighted by Crippen LogP contribution is -2.34. The van der Waals surface area contributed by atoms with Gasteiger partial charge in [-0.3, -0.25) is 4.98 Å². The molecule has 1 atom stereocenters. The molecule has 0 spiro atoms. The summed E-state index contributed by atoms with van der Waals surface area (Å²) in [7, 11) is 0. The van der Waals surface area contributed by atoms with Crippen molar-refractivity contribution in [3.8, 4) is 0 Å². The summed E-state index contributed by atoms with van der Waals surface area (Å²) in [5.41, 5.74) is 7.30. The van der Waals surface area contributed by atoms with Crippen molar-refractivity contribution in [2.75, 3.05) is 24.3 Å². The first-order chi connectivity index (χ1) is 6.68. The predicted molar refractivity (Wildman–Crippen MR) is 56.1 cm³/mol. The zero-order chi connectivity index (χ0) is 10.0. The largest absolute Gasteiger partial charge is 0.397 e. The summed E-state index contributed by atoms with van der Waals surface area (Å²) in [4.78, 5) is 4.03. The SMILES string of the molecule is CC1(Nc2cncc(N)c2)CCOC1. The van der Waals surface area contributed by atoms with Gasteiger partial charge in [0.1, 0.15) is 0 Å². The Morgan fingerprint density at radius 1 is 1.57 bits per heavy atom. The van der Waals surface area contributed by atoms with E-state index < -0.39 is 0 Å². The number of nitrogens with two attached hydrogens (primary N) is 1. The maximum atomic E-state index is 5.64. The molecule has 1 unspecified atom stereocenters. The minimum Gasteiger partial charge on any atom is -0.397 e. The highest BCUT2D eigenvalue weighted by molar-refractivity contribution is 5.52. The number of aromatic nitrogens is 1. The van der Waals surface area contributed by atoms with Crippen molar-refractivity contribution < 1.29 is 4.74 Å². The van der Waals surface area contributed by atoms with Crippen molar-refractivity contribution in [1.82, 2.24) is 4.98 Å². The van der Waals surface area contributed by atoms with Crippen LogP contribution in [-0.2, 0) is 4.74 Å². The van der Waals surface area contributed by atoms with Crippen molar-refractivity contribution in [3.05, 3.63) is 18.5 Å². The van der Waals surface area contributed by atoms with Crippen LogP contribution in [0.1, 0.15) is 13.3 Å². The van der Waals surface area contributed by atoms with E-state index in [9.17, 15) is 0 Å². The molecule has 2 rings (SSSR count). The summed E-state index contributed by atoms with van der Waals surface area (Å²) in [6.45, 7) is 3.70. The number of hydrogen-bond donors (Lipinski definition) is 2. The van der Waals surface area contributed by atoms with Gasteiger partial charge < -0.3 is 15.8 Å². The molecule has 0 saturated carbocycles. The van der Waals surface area contributed by atoms with Gasteiger partial charge in [-0.05, 0) is 19.4 Å². The third-order valence-corrected chi connectivity index (χ3v) is 2.42. The third kappa shape index (κ3) is 1.96. The van der Waals surface area contributed by atoms with Crippen molar-refractivity contribution in [1.29, 1.82) is 0 Å². The average Bonchev–Trinajstić information content (AvgIpc) is 2.51. The fourth-order valence-electron chi connectivity index (χ4n) is 1.64. The normalized spacial score (nSPS) is 26.4. The average molecular weight is 193 g/mol. The highest BCUT2D eigenvalue weighted by Gasteiger charge is 2.29. The summed E-state index contributed by atoms with van der Waals surface area (Å²) < 4.78 is 5.35. The molecule has 76 valence electrons. The van der Waals surface area contributed by atoms with Gasteiger partial charge in [0.05, 0.1) is 29.7 Å². The minimum absolute atomic E-state index is 0.0233. The number of anilines is 2. The van der Waals surface area contributed by atoms with E-state index in [2.05, 4.69) is 17.2 Å². The summed E-state index contributed by atoms with van der Waals surface area (Å²) in [5.74, 6) is 0. The smallest absolute Gasteiger partial charge is 0.0694 e. The van der Waals surface area contributed by atoms with Crippen LogP contribution in [0, 0.1) is 0 Å². The summed E-state index contributed by atoms with van der Waals surface area (Å²) in [6.07, 6.45) is 4.43. The standard InChI is InChI=1S/C10H15N3O/c1-10(2-3-14-7-10)13-9-4-8(11)5-12-6-9/h4-6,13H,2-3,7,11H2,1H3. The van der Waals surface area contributed by atoms with Gasteiger partial charge in [0, 0.05) is 12.8 Å². The first-order valence-electron chi connectivity index (χ1n) is 4.74. The number of ether oxygens (including phenoxy) is 1. The zero-order valence-corrected chi connectivity index (χ0v) is 8.29. The number of nitrogens with one attached hydrogen (secondary N) is 1. The molecule has 2 heterocycles. The van der Waals surface area contributed by atoms with Gasteiger partial charge in [-0.15, -0.1) is 0 Å². The Morgan fingerprint density at radius 3 is 3.07 bits per heavy atom. The molecular weight excluding hydrogens is 178 g/mol. The molecule has 14 heavy (non-hydrogen) atoms. The van der Waals surface area contributed by atoms with Crippen molar-refractivity contribution in [3.63, 3.8) is 0 Å². The predicted octanol–water partition coefficient (Wildman–Crippen LogP) is 1.25. The number of nitrogens with zero attached hydrogens (tertiary/aromatic N) is 1. The lowest BCUT2D eigenvalue weighted by molar-refractivity contribution is 0.185. The quantitative estimate of drug-likeness (QED) is 0.742. The van der Waals surface area contributed by atoms with E-state index in [-0.39, 0.29) is 5.54 Å². The van der Waals surface area contributed by atoms with Crippen molar-refractivity contribution >= 4 is 11.4 Å². The van der Waals surface area contributed by atoms with Gasteiger partial charge >= 0.3 is 0 Å². The van der Waals surface area contributed by atoms with Gasteiger partial charge in [0.15, 0.2) is 0 Å². The first kappa shape index (κ1) is 9.27. The van der Waals surface area contributed by atoms with Gasteiger partial charge in [-0.1, -0.05) is 0 Å². The molecule has 0 radical (unpaired) electrons. The summed E-state index contributed by atoms with van der Waals surface area (Å²) >= 11 is 0. The van der Waals surface area contributed by atoms with E-state index in [0.29, 0.717) is 5.69 Å². The van der Waals surface area contributed by atoms with Gasteiger partial charge in [-0.25, -0.2) is 0 Å². The lowest BCUT2D eigenvalue weighted by Gasteiger charge is -2.24. The maximum Gasteiger partial charge on any atom is 0.0694 e. The minimum atomic E-state index is 0.0233. The highest BCUT2D eigenvalue weighted by atomic mass is 16.5. The molecule has 1 aromatic heterocycles. The van der Waals surface area contributed by atoms with Crippen LogP contribution in [0.2, 0.25) is 0 Å². The Hall–Kier alpha value is -1.29. The summed E-state index contributed by atoms with van der Waals surface area (Å²) in [6, 6.07) is 1.89. The number of hydrogen-bond acceptors (Lipinski definition) is 4. The van der Waals surface area contributed by atoms with Crippen LogP contribution in [-0.4, -0.2) is 23.7 Å². The second-order valence-electron chi connectivity index (χ2n) is 4.00. The molecule has 1 saturated heterocycles. The van der Waals surface area contributed by atoms with E-state index in [1.54, 1.807) is 12.4 Å². The topological polar surface area (TPSA) is 60.2 Å². The molecule has 1 aliphatic rings. The van der Waals surface area contributed by atoms with Gasteiger partial charge in [0.2, 0.25) is 0 Å². The maximum absolute atomic E-state index is 5.64. The fraction of sp³-hybridized carbons (Fsp3) is 0.500. The Bertz CT molecular complexity index is 321. The molecule has 1 fully saturated rings. The van der Waals surface area contributed by atoms with Crippen LogP contribution in [0.3, 0.4) is 0 Å². The van der Waals surface area contributed by atoms with Crippen LogP contribution in [0.25, 0.3) is 0 Å². The molecule has 0 aliphatic carbocycles. The van der Waals surface area contributed by atoms with E-state index in [1.165, 1.54) is 0 Å². The van der Waals surface area contributed by atoms with E-state index in [0.717, 1.165) is 25.3 Å². The van der Waals surface area contributed by atoms with E-state index in [1.807, 2.05) is 6.07 Å². The monoisotopic (exact) mass is 193 g/mol. The third-order valence-electron chi connectivity index (χ3n) is 2.42. The highest BCUT2D eigenvalue weighted by Crippen LogP contribution is 2.23. The molecule has 4 nitrogen and oxygen atoms in total. The van der Waals surface area contributed by atoms with Crippen LogP contribution in [0.5, 0.6) is 0 Å². The molecule has 0 bridgehead atoms. The number of nitrogen functional groups attached to an aromatic ring is 1. The molecular formula is C10H15N3O. The van der Waals surface area contributed by atoms with Crippen molar-refractivity contribution in [2.24, 2.45) is 0 Å². The Morgan fingerprint density at radius 2 is 2.43 bits per heavy atom. The molecule has 1 aromatic rings. The number of rotatable bonds is 2. The van der Waals surface area contributed by atoms with E-state index >= 15 is 0 Å². The molecule has 1 aliphatic heterocycles. The Labute approximate surface area is 83.5 Å². The van der Waals surface area contributed by atoms with E-state index in [4.69, 9.17) is 10.5 Å². The second-order valence-corrected chi connectivity index (χ2v) is 4.00. The fourth-order valence-corrected chi connectivity index (χ4v) is 1.64. The van der Waals surface area contributed by atoms with Crippen LogP contribution in [0.15, 0.2) is 18.5 Å². The Balaban J connectivity index is 2.10. The van der Waals surface area contributed by atoms with Gasteiger partial charge in [0.25, 0.3) is 0 Å². The number of pyridine rings is 1.